The standard InChI is InChI=1S/C28H33ClN6O3/c1-18-13-19(2)25-21(14-18)15-24(28(36)30-25)26(27-31-32-33-35(27)10-12-37-3)34(17-23-5-4-11-38-23)16-20-6-8-22(29)9-7-20/h6-9,13-15,23,26H,4-5,10-12,16-17H2,1-3H3,(H,30,36)/t23-,26+/m0/s1. The van der Waals surface area contributed by atoms with E-state index < -0.39 is 6.04 Å². The van der Waals surface area contributed by atoms with Crippen molar-refractivity contribution in [2.24, 2.45) is 0 Å². The molecular formula is C28H33ClN6O3. The van der Waals surface area contributed by atoms with Crippen LogP contribution in [-0.2, 0) is 22.6 Å². The second-order valence-electron chi connectivity index (χ2n) is 9.95. The Balaban J connectivity index is 1.67. The molecule has 2 aromatic heterocycles. The van der Waals surface area contributed by atoms with E-state index in [-0.39, 0.29) is 11.7 Å². The maximum Gasteiger partial charge on any atom is 0.253 e. The van der Waals surface area contributed by atoms with Crippen molar-refractivity contribution in [2.45, 2.75) is 51.9 Å². The van der Waals surface area contributed by atoms with E-state index in [9.17, 15) is 4.79 Å². The normalized spacial score (nSPS) is 16.5. The van der Waals surface area contributed by atoms with Crippen LogP contribution in [0.1, 0.15) is 47.0 Å². The summed E-state index contributed by atoms with van der Waals surface area (Å²) in [5.41, 5.74) is 4.49. The molecule has 9 nitrogen and oxygen atoms in total. The van der Waals surface area contributed by atoms with Gasteiger partial charge in [0.05, 0.1) is 24.8 Å². The number of methoxy groups -OCH3 is 1. The van der Waals surface area contributed by atoms with Gasteiger partial charge in [0.2, 0.25) is 0 Å². The molecule has 1 fully saturated rings. The quantitative estimate of drug-likeness (QED) is 0.324. The number of aromatic nitrogens is 5. The van der Waals surface area contributed by atoms with Crippen molar-refractivity contribution in [3.05, 3.63) is 85.9 Å². The summed E-state index contributed by atoms with van der Waals surface area (Å²) in [5, 5.41) is 14.3. The van der Waals surface area contributed by atoms with E-state index in [1.807, 2.05) is 37.3 Å². The van der Waals surface area contributed by atoms with Crippen LogP contribution < -0.4 is 5.56 Å². The summed E-state index contributed by atoms with van der Waals surface area (Å²) < 4.78 is 13.1. The zero-order valence-electron chi connectivity index (χ0n) is 22.0. The average molecular weight is 537 g/mol. The van der Waals surface area contributed by atoms with Crippen LogP contribution in [0.5, 0.6) is 0 Å². The minimum absolute atomic E-state index is 0.0529. The van der Waals surface area contributed by atoms with Crippen molar-refractivity contribution in [1.29, 1.82) is 0 Å². The monoisotopic (exact) mass is 536 g/mol. The molecule has 200 valence electrons. The van der Waals surface area contributed by atoms with Crippen LogP contribution in [0.2, 0.25) is 5.02 Å². The highest BCUT2D eigenvalue weighted by Gasteiger charge is 2.33. The van der Waals surface area contributed by atoms with E-state index in [1.54, 1.807) is 11.8 Å². The zero-order valence-corrected chi connectivity index (χ0v) is 22.7. The third-order valence-electron chi connectivity index (χ3n) is 7.05. The van der Waals surface area contributed by atoms with Crippen molar-refractivity contribution in [3.8, 4) is 0 Å². The van der Waals surface area contributed by atoms with Gasteiger partial charge in [-0.3, -0.25) is 9.69 Å². The molecule has 38 heavy (non-hydrogen) atoms. The smallest absolute Gasteiger partial charge is 0.253 e. The van der Waals surface area contributed by atoms with E-state index in [2.05, 4.69) is 44.5 Å². The minimum Gasteiger partial charge on any atom is -0.383 e. The molecule has 0 bridgehead atoms. The molecule has 0 saturated carbocycles. The van der Waals surface area contributed by atoms with Crippen LogP contribution in [0.25, 0.3) is 10.9 Å². The van der Waals surface area contributed by atoms with Crippen LogP contribution >= 0.6 is 11.6 Å². The predicted octanol–water partition coefficient (Wildman–Crippen LogP) is 4.20. The third-order valence-corrected chi connectivity index (χ3v) is 7.31. The highest BCUT2D eigenvalue weighted by atomic mass is 35.5. The van der Waals surface area contributed by atoms with Gasteiger partial charge >= 0.3 is 0 Å². The molecule has 0 amide bonds. The lowest BCUT2D eigenvalue weighted by atomic mass is 9.99. The van der Waals surface area contributed by atoms with E-state index in [4.69, 9.17) is 21.1 Å². The van der Waals surface area contributed by atoms with Gasteiger partial charge in [-0.25, -0.2) is 4.68 Å². The van der Waals surface area contributed by atoms with Gasteiger partial charge < -0.3 is 14.5 Å². The van der Waals surface area contributed by atoms with E-state index in [0.29, 0.717) is 42.7 Å². The van der Waals surface area contributed by atoms with Crippen molar-refractivity contribution >= 4 is 22.5 Å². The maximum atomic E-state index is 13.7. The fourth-order valence-corrected chi connectivity index (χ4v) is 5.41. The number of aryl methyl sites for hydroxylation is 2. The fourth-order valence-electron chi connectivity index (χ4n) is 5.29. The third kappa shape index (κ3) is 5.81. The van der Waals surface area contributed by atoms with Gasteiger partial charge in [0.25, 0.3) is 5.56 Å². The Morgan fingerprint density at radius 2 is 2.05 bits per heavy atom. The Morgan fingerprint density at radius 3 is 2.79 bits per heavy atom. The average Bonchev–Trinajstić information content (AvgIpc) is 3.57. The van der Waals surface area contributed by atoms with Crippen LogP contribution in [0.15, 0.2) is 47.3 Å². The SMILES string of the molecule is COCCn1nnnc1[C@@H](c1cc2cc(C)cc(C)c2[nH]c1=O)N(Cc1ccc(Cl)cc1)C[C@@H]1CCCO1. The number of rotatable bonds is 10. The number of ether oxygens (including phenoxy) is 2. The Kier molecular flexibility index (Phi) is 8.18. The van der Waals surface area contributed by atoms with Crippen molar-refractivity contribution in [2.75, 3.05) is 26.9 Å². The molecule has 0 radical (unpaired) electrons. The fraction of sp³-hybridized carbons (Fsp3) is 0.429. The number of hydrogen-bond donors (Lipinski definition) is 1. The number of aromatic amines is 1. The number of pyridine rings is 1. The van der Waals surface area contributed by atoms with Crippen molar-refractivity contribution in [3.63, 3.8) is 0 Å². The zero-order chi connectivity index (χ0) is 26.6. The number of benzene rings is 2. The summed E-state index contributed by atoms with van der Waals surface area (Å²) in [6.45, 7) is 6.90. The molecule has 5 rings (SSSR count). The lowest BCUT2D eigenvalue weighted by Crippen LogP contribution is -2.39. The molecule has 10 heteroatoms. The molecule has 2 aromatic carbocycles. The Morgan fingerprint density at radius 1 is 1.24 bits per heavy atom. The summed E-state index contributed by atoms with van der Waals surface area (Å²) in [4.78, 5) is 19.1. The predicted molar refractivity (Wildman–Crippen MR) is 146 cm³/mol. The van der Waals surface area contributed by atoms with Gasteiger partial charge in [-0.05, 0) is 77.9 Å². The first-order valence-electron chi connectivity index (χ1n) is 12.9. The van der Waals surface area contributed by atoms with Gasteiger partial charge in [-0.2, -0.15) is 0 Å². The molecule has 1 aliphatic heterocycles. The second kappa shape index (κ2) is 11.7. The minimum atomic E-state index is -0.518. The van der Waals surface area contributed by atoms with Crippen LogP contribution in [0.3, 0.4) is 0 Å². The summed E-state index contributed by atoms with van der Waals surface area (Å²) >= 11 is 6.18. The first-order valence-corrected chi connectivity index (χ1v) is 13.3. The second-order valence-corrected chi connectivity index (χ2v) is 10.4. The number of tetrazole rings is 1. The number of fused-ring (bicyclic) bond motifs is 1. The van der Waals surface area contributed by atoms with E-state index in [0.717, 1.165) is 47.0 Å². The largest absolute Gasteiger partial charge is 0.383 e. The Hall–Kier alpha value is -3.11. The number of halogens is 1. The molecule has 4 aromatic rings. The Bertz CT molecular complexity index is 1450. The first kappa shape index (κ1) is 26.5. The number of H-pyrrole nitrogens is 1. The van der Waals surface area contributed by atoms with Crippen LogP contribution in [-0.4, -0.2) is 63.1 Å². The molecule has 0 aliphatic carbocycles. The molecule has 0 spiro atoms. The Labute approximate surface area is 226 Å². The molecule has 3 heterocycles. The highest BCUT2D eigenvalue weighted by Crippen LogP contribution is 2.31. The summed E-state index contributed by atoms with van der Waals surface area (Å²) in [5.74, 6) is 0.586. The lowest BCUT2D eigenvalue weighted by molar-refractivity contribution is 0.0569. The maximum absolute atomic E-state index is 13.7. The van der Waals surface area contributed by atoms with Gasteiger partial charge in [0, 0.05) is 37.4 Å². The number of nitrogens with one attached hydrogen (secondary N) is 1. The topological polar surface area (TPSA) is 98.2 Å². The van der Waals surface area contributed by atoms with Gasteiger partial charge in [0.1, 0.15) is 6.04 Å². The van der Waals surface area contributed by atoms with Crippen LogP contribution in [0.4, 0.5) is 0 Å². The molecule has 1 N–H and O–H groups in total. The molecule has 1 aliphatic rings. The number of hydrogen-bond acceptors (Lipinski definition) is 7. The van der Waals surface area contributed by atoms with E-state index in [1.165, 1.54) is 0 Å². The van der Waals surface area contributed by atoms with Gasteiger partial charge in [-0.15, -0.1) is 5.10 Å². The molecular weight excluding hydrogens is 504 g/mol. The summed E-state index contributed by atoms with van der Waals surface area (Å²) in [6, 6.07) is 13.4. The first-order chi connectivity index (χ1) is 18.4. The highest BCUT2D eigenvalue weighted by molar-refractivity contribution is 6.30. The van der Waals surface area contributed by atoms with Crippen LogP contribution in [0, 0.1) is 13.8 Å². The molecule has 1 saturated heterocycles. The van der Waals surface area contributed by atoms with Crippen molar-refractivity contribution in [1.82, 2.24) is 30.1 Å². The van der Waals surface area contributed by atoms with E-state index >= 15 is 0 Å². The lowest BCUT2D eigenvalue weighted by Gasteiger charge is -2.32. The molecule has 2 atom stereocenters. The van der Waals surface area contributed by atoms with Crippen molar-refractivity contribution < 1.29 is 9.47 Å². The van der Waals surface area contributed by atoms with Gasteiger partial charge in [0.15, 0.2) is 5.82 Å². The summed E-state index contributed by atoms with van der Waals surface area (Å²) in [7, 11) is 1.64. The summed E-state index contributed by atoms with van der Waals surface area (Å²) in [6.07, 6.45) is 2.03. The number of nitrogens with zero attached hydrogens (tertiary/aromatic N) is 5. The molecule has 0 unspecified atom stereocenters. The van der Waals surface area contributed by atoms with Gasteiger partial charge in [-0.1, -0.05) is 35.4 Å².